The molecule has 1 aromatic rings. The van der Waals surface area contributed by atoms with Crippen LogP contribution in [-0.2, 0) is 4.74 Å². The third kappa shape index (κ3) is 3.65. The van der Waals surface area contributed by atoms with Crippen LogP contribution in [0.4, 0.5) is 0 Å². The summed E-state index contributed by atoms with van der Waals surface area (Å²) in [4.78, 5) is 0. The number of hydrogen-bond donors (Lipinski definition) is 0. The normalized spacial score (nSPS) is 14.8. The summed E-state index contributed by atoms with van der Waals surface area (Å²) in [6.45, 7) is 7.94. The molecule has 0 saturated heterocycles. The van der Waals surface area contributed by atoms with Gasteiger partial charge in [-0.2, -0.15) is 0 Å². The molecule has 0 aliphatic rings. The SMILES string of the molecule is C=CCC(C)OC(C)c1ccccc1[SiH3]. The summed E-state index contributed by atoms with van der Waals surface area (Å²) >= 11 is 0. The van der Waals surface area contributed by atoms with Crippen LogP contribution in [0.3, 0.4) is 0 Å². The maximum absolute atomic E-state index is 5.91. The van der Waals surface area contributed by atoms with Gasteiger partial charge in [0.05, 0.1) is 12.2 Å². The molecule has 0 amide bonds. The molecule has 2 heteroatoms. The molecule has 1 aromatic carbocycles. The van der Waals surface area contributed by atoms with Crippen LogP contribution < -0.4 is 5.19 Å². The van der Waals surface area contributed by atoms with Crippen molar-refractivity contribution in [1.82, 2.24) is 0 Å². The van der Waals surface area contributed by atoms with E-state index in [2.05, 4.69) is 44.7 Å². The van der Waals surface area contributed by atoms with Gasteiger partial charge >= 0.3 is 0 Å². The molecule has 1 rings (SSSR count). The van der Waals surface area contributed by atoms with E-state index in [0.29, 0.717) is 0 Å². The highest BCUT2D eigenvalue weighted by Crippen LogP contribution is 2.17. The van der Waals surface area contributed by atoms with E-state index in [1.165, 1.54) is 10.8 Å². The lowest BCUT2D eigenvalue weighted by Crippen LogP contribution is -2.18. The molecule has 0 heterocycles. The Morgan fingerprint density at radius 2 is 2.07 bits per heavy atom. The summed E-state index contributed by atoms with van der Waals surface area (Å²) in [5, 5.41) is 1.43. The lowest BCUT2D eigenvalue weighted by molar-refractivity contribution is 0.00967. The predicted molar refractivity (Wildman–Crippen MR) is 69.8 cm³/mol. The van der Waals surface area contributed by atoms with Crippen molar-refractivity contribution >= 4 is 15.4 Å². The van der Waals surface area contributed by atoms with E-state index in [1.54, 1.807) is 0 Å². The van der Waals surface area contributed by atoms with Gasteiger partial charge in [-0.05, 0) is 25.8 Å². The number of benzene rings is 1. The smallest absolute Gasteiger partial charge is 0.0799 e. The highest BCUT2D eigenvalue weighted by molar-refractivity contribution is 6.33. The van der Waals surface area contributed by atoms with Gasteiger partial charge in [0.2, 0.25) is 0 Å². The minimum absolute atomic E-state index is 0.189. The van der Waals surface area contributed by atoms with Crippen molar-refractivity contribution in [3.05, 3.63) is 42.5 Å². The van der Waals surface area contributed by atoms with E-state index in [0.717, 1.165) is 16.7 Å². The number of ether oxygens (including phenoxy) is 1. The lowest BCUT2D eigenvalue weighted by Gasteiger charge is -2.20. The summed E-state index contributed by atoms with van der Waals surface area (Å²) in [6.07, 6.45) is 3.25. The zero-order valence-corrected chi connectivity index (χ0v) is 11.9. The second-order valence-corrected chi connectivity index (χ2v) is 5.05. The quantitative estimate of drug-likeness (QED) is 0.542. The Kier molecular flexibility index (Phi) is 4.79. The molecule has 0 radical (unpaired) electrons. The monoisotopic (exact) mass is 220 g/mol. The topological polar surface area (TPSA) is 9.23 Å². The van der Waals surface area contributed by atoms with Crippen molar-refractivity contribution in [2.45, 2.75) is 32.5 Å². The Hall–Kier alpha value is -0.863. The summed E-state index contributed by atoms with van der Waals surface area (Å²) < 4.78 is 5.91. The van der Waals surface area contributed by atoms with Crippen LogP contribution in [0.5, 0.6) is 0 Å². The van der Waals surface area contributed by atoms with Crippen molar-refractivity contribution in [1.29, 1.82) is 0 Å². The average Bonchev–Trinajstić information content (AvgIpc) is 2.18. The Balaban J connectivity index is 2.64. The molecule has 0 aliphatic heterocycles. The summed E-state index contributed by atoms with van der Waals surface area (Å²) in [5.41, 5.74) is 1.33. The molecule has 0 N–H and O–H groups in total. The molecule has 0 spiro atoms. The molecule has 2 atom stereocenters. The fraction of sp³-hybridized carbons (Fsp3) is 0.385. The molecule has 0 aromatic heterocycles. The van der Waals surface area contributed by atoms with Gasteiger partial charge in [-0.15, -0.1) is 6.58 Å². The average molecular weight is 220 g/mol. The van der Waals surface area contributed by atoms with Crippen molar-refractivity contribution < 1.29 is 4.74 Å². The first-order valence-electron chi connectivity index (χ1n) is 5.47. The summed E-state index contributed by atoms with van der Waals surface area (Å²) in [5.74, 6) is 0. The minimum Gasteiger partial charge on any atom is -0.371 e. The van der Waals surface area contributed by atoms with E-state index >= 15 is 0 Å². The van der Waals surface area contributed by atoms with E-state index in [-0.39, 0.29) is 12.2 Å². The van der Waals surface area contributed by atoms with E-state index in [1.807, 2.05) is 6.08 Å². The number of rotatable bonds is 5. The standard InChI is InChI=1S/C13H20OSi/c1-4-7-10(2)14-11(3)12-8-5-6-9-13(12)15/h4-6,8-11H,1,7H2,2-3,15H3. The molecule has 15 heavy (non-hydrogen) atoms. The Labute approximate surface area is 95.6 Å². The summed E-state index contributed by atoms with van der Waals surface area (Å²) in [6, 6.07) is 8.51. The highest BCUT2D eigenvalue weighted by Gasteiger charge is 2.10. The second kappa shape index (κ2) is 5.88. The van der Waals surface area contributed by atoms with Crippen LogP contribution in [0.25, 0.3) is 0 Å². The van der Waals surface area contributed by atoms with Crippen LogP contribution in [0, 0.1) is 0 Å². The maximum atomic E-state index is 5.91. The van der Waals surface area contributed by atoms with Crippen molar-refractivity contribution in [3.63, 3.8) is 0 Å². The fourth-order valence-electron chi connectivity index (χ4n) is 1.75. The molecule has 1 nitrogen and oxygen atoms in total. The summed E-state index contributed by atoms with van der Waals surface area (Å²) in [7, 11) is 1.08. The highest BCUT2D eigenvalue weighted by atomic mass is 28.1. The van der Waals surface area contributed by atoms with Gasteiger partial charge in [0, 0.05) is 10.2 Å². The van der Waals surface area contributed by atoms with Gasteiger partial charge in [0.1, 0.15) is 0 Å². The Morgan fingerprint density at radius 1 is 1.40 bits per heavy atom. The van der Waals surface area contributed by atoms with Crippen LogP contribution in [0.2, 0.25) is 0 Å². The Bertz CT molecular complexity index is 322. The van der Waals surface area contributed by atoms with Crippen molar-refractivity contribution in [2.24, 2.45) is 0 Å². The zero-order chi connectivity index (χ0) is 11.3. The van der Waals surface area contributed by atoms with Gasteiger partial charge in [0.25, 0.3) is 0 Å². The zero-order valence-electron chi connectivity index (χ0n) is 9.86. The molecular weight excluding hydrogens is 200 g/mol. The van der Waals surface area contributed by atoms with Gasteiger partial charge in [-0.25, -0.2) is 0 Å². The predicted octanol–water partition coefficient (Wildman–Crippen LogP) is 1.72. The van der Waals surface area contributed by atoms with Gasteiger partial charge in [-0.3, -0.25) is 0 Å². The van der Waals surface area contributed by atoms with Gasteiger partial charge < -0.3 is 4.74 Å². The molecule has 0 aliphatic carbocycles. The minimum atomic E-state index is 0.189. The third-order valence-electron chi connectivity index (χ3n) is 2.56. The molecule has 0 saturated carbocycles. The van der Waals surface area contributed by atoms with Crippen molar-refractivity contribution in [3.8, 4) is 0 Å². The van der Waals surface area contributed by atoms with Crippen LogP contribution in [0.15, 0.2) is 36.9 Å². The molecule has 82 valence electrons. The first-order chi connectivity index (χ1) is 7.15. The maximum Gasteiger partial charge on any atom is 0.0799 e. The van der Waals surface area contributed by atoms with Crippen molar-refractivity contribution in [2.75, 3.05) is 0 Å². The van der Waals surface area contributed by atoms with E-state index < -0.39 is 0 Å². The van der Waals surface area contributed by atoms with E-state index in [4.69, 9.17) is 4.74 Å². The second-order valence-electron chi connectivity index (χ2n) is 3.97. The first kappa shape index (κ1) is 12.2. The third-order valence-corrected chi connectivity index (χ3v) is 3.47. The molecule has 0 fully saturated rings. The largest absolute Gasteiger partial charge is 0.371 e. The molecule has 2 unspecified atom stereocenters. The molecule has 0 bridgehead atoms. The van der Waals surface area contributed by atoms with E-state index in [9.17, 15) is 0 Å². The van der Waals surface area contributed by atoms with Crippen LogP contribution in [0.1, 0.15) is 31.9 Å². The lowest BCUT2D eigenvalue weighted by atomic mass is 10.1. The Morgan fingerprint density at radius 3 is 2.67 bits per heavy atom. The fourth-order valence-corrected chi connectivity index (χ4v) is 2.52. The van der Waals surface area contributed by atoms with Gasteiger partial charge in [-0.1, -0.05) is 35.5 Å². The molecular formula is C13H20OSi. The first-order valence-corrected chi connectivity index (χ1v) is 6.47. The van der Waals surface area contributed by atoms with Crippen LogP contribution >= 0.6 is 0 Å². The number of hydrogen-bond acceptors (Lipinski definition) is 1. The van der Waals surface area contributed by atoms with Crippen LogP contribution in [-0.4, -0.2) is 16.3 Å². The van der Waals surface area contributed by atoms with Gasteiger partial charge in [0.15, 0.2) is 0 Å².